The quantitative estimate of drug-likeness (QED) is 0.472. The molecule has 25 heavy (non-hydrogen) atoms. The van der Waals surface area contributed by atoms with Gasteiger partial charge in [0.25, 0.3) is 21.6 Å². The first-order valence-electron chi connectivity index (χ1n) is 6.97. The molecule has 2 aromatic rings. The first kappa shape index (κ1) is 18.4. The molecule has 0 saturated carbocycles. The predicted molar refractivity (Wildman–Crippen MR) is 89.1 cm³/mol. The molecule has 0 bridgehead atoms. The molecule has 0 saturated heterocycles. The molecule has 1 amide bonds. The summed E-state index contributed by atoms with van der Waals surface area (Å²) in [4.78, 5) is 21.3. The predicted octanol–water partition coefficient (Wildman–Crippen LogP) is 1.85. The zero-order valence-electron chi connectivity index (χ0n) is 13.3. The van der Waals surface area contributed by atoms with E-state index < -0.39 is 31.4 Å². The Morgan fingerprint density at radius 3 is 2.32 bits per heavy atom. The molecule has 10 heteroatoms. The summed E-state index contributed by atoms with van der Waals surface area (Å²) in [7, 11) is -2.93. The molecule has 0 radical (unpaired) electrons. The molecule has 9 nitrogen and oxygen atoms in total. The Hall–Kier alpha value is -2.98. The van der Waals surface area contributed by atoms with Gasteiger partial charge < -0.3 is 0 Å². The summed E-state index contributed by atoms with van der Waals surface area (Å²) in [5, 5.41) is 19.8. The van der Waals surface area contributed by atoms with Crippen LogP contribution in [0.5, 0.6) is 0 Å². The topological polar surface area (TPSA) is 130 Å². The number of nitro groups is 1. The Morgan fingerprint density at radius 1 is 1.20 bits per heavy atom. The minimum atomic E-state index is -4.18. The number of nitrogens with one attached hydrogen (secondary N) is 1. The lowest BCUT2D eigenvalue weighted by atomic mass is 10.2. The summed E-state index contributed by atoms with van der Waals surface area (Å²) in [6.45, 7) is 1.62. The molecule has 0 aromatic heterocycles. The zero-order chi connectivity index (χ0) is 18.8. The van der Waals surface area contributed by atoms with Crippen molar-refractivity contribution in [2.45, 2.75) is 11.8 Å². The number of hydroxylamine groups is 1. The third-order valence-electron chi connectivity index (χ3n) is 3.54. The molecule has 2 aromatic carbocycles. The summed E-state index contributed by atoms with van der Waals surface area (Å²) < 4.78 is 26.4. The summed E-state index contributed by atoms with van der Waals surface area (Å²) in [5.74, 6) is -0.744. The Kier molecular flexibility index (Phi) is 5.04. The molecule has 0 atom stereocenters. The van der Waals surface area contributed by atoms with Gasteiger partial charge in [-0.15, -0.1) is 0 Å². The van der Waals surface area contributed by atoms with Gasteiger partial charge in [-0.2, -0.15) is 0 Å². The number of benzene rings is 2. The number of sulfonamides is 1. The fourth-order valence-corrected chi connectivity index (χ4v) is 3.49. The number of nitro benzene ring substituents is 1. The van der Waals surface area contributed by atoms with E-state index in [0.29, 0.717) is 5.56 Å². The van der Waals surface area contributed by atoms with E-state index in [4.69, 9.17) is 5.21 Å². The smallest absolute Gasteiger partial charge is 0.288 e. The van der Waals surface area contributed by atoms with Crippen molar-refractivity contribution < 1.29 is 23.3 Å². The molecule has 2 rings (SSSR count). The van der Waals surface area contributed by atoms with Crippen LogP contribution in [0.3, 0.4) is 0 Å². The summed E-state index contributed by atoms with van der Waals surface area (Å²) in [6, 6.07) is 9.18. The van der Waals surface area contributed by atoms with Crippen molar-refractivity contribution in [2.75, 3.05) is 11.4 Å². The van der Waals surface area contributed by atoms with E-state index in [9.17, 15) is 23.3 Å². The van der Waals surface area contributed by atoms with Crippen LogP contribution >= 0.6 is 0 Å². The van der Waals surface area contributed by atoms with Crippen molar-refractivity contribution >= 4 is 27.3 Å². The minimum absolute atomic E-state index is 0.123. The third-order valence-corrected chi connectivity index (χ3v) is 5.38. The van der Waals surface area contributed by atoms with E-state index in [2.05, 4.69) is 0 Å². The van der Waals surface area contributed by atoms with Gasteiger partial charge in [0.2, 0.25) is 0 Å². The molecule has 0 aliphatic rings. The molecule has 2 N–H and O–H groups in total. The number of carbonyl (C=O) groups is 1. The van der Waals surface area contributed by atoms with E-state index in [0.717, 1.165) is 4.31 Å². The van der Waals surface area contributed by atoms with E-state index >= 15 is 0 Å². The first-order valence-corrected chi connectivity index (χ1v) is 8.41. The number of rotatable bonds is 5. The number of hydrogen-bond donors (Lipinski definition) is 2. The zero-order valence-corrected chi connectivity index (χ0v) is 14.1. The molecule has 0 heterocycles. The lowest BCUT2D eigenvalue weighted by molar-refractivity contribution is -0.387. The molecule has 0 unspecified atom stereocenters. The van der Waals surface area contributed by atoms with Crippen molar-refractivity contribution in [3.05, 3.63) is 63.7 Å². The number of nitrogens with zero attached hydrogens (tertiary/aromatic N) is 2. The number of amides is 1. The normalized spacial score (nSPS) is 11.0. The fourth-order valence-electron chi connectivity index (χ4n) is 2.16. The Labute approximate surface area is 143 Å². The molecule has 0 spiro atoms. The largest absolute Gasteiger partial charge is 0.290 e. The Bertz CT molecular complexity index is 925. The highest BCUT2D eigenvalue weighted by Crippen LogP contribution is 2.29. The molecular weight excluding hydrogens is 350 g/mol. The molecule has 0 fully saturated rings. The molecular formula is C15H15N3O6S. The van der Waals surface area contributed by atoms with Crippen LogP contribution in [0.1, 0.15) is 15.9 Å². The second kappa shape index (κ2) is 6.87. The lowest BCUT2D eigenvalue weighted by Crippen LogP contribution is -2.27. The Balaban J connectivity index is 2.46. The van der Waals surface area contributed by atoms with Crippen molar-refractivity contribution in [3.8, 4) is 0 Å². The average Bonchev–Trinajstić information content (AvgIpc) is 2.60. The monoisotopic (exact) mass is 365 g/mol. The second-order valence-electron chi connectivity index (χ2n) is 5.19. The van der Waals surface area contributed by atoms with Gasteiger partial charge in [-0.3, -0.25) is 24.4 Å². The van der Waals surface area contributed by atoms with Gasteiger partial charge in [0.05, 0.1) is 10.6 Å². The van der Waals surface area contributed by atoms with Gasteiger partial charge in [0, 0.05) is 18.7 Å². The highest BCUT2D eigenvalue weighted by molar-refractivity contribution is 7.93. The van der Waals surface area contributed by atoms with Crippen LogP contribution in [0.2, 0.25) is 0 Å². The highest BCUT2D eigenvalue weighted by Gasteiger charge is 2.30. The van der Waals surface area contributed by atoms with Crippen LogP contribution in [-0.4, -0.2) is 31.5 Å². The van der Waals surface area contributed by atoms with Crippen molar-refractivity contribution in [1.29, 1.82) is 0 Å². The summed E-state index contributed by atoms with van der Waals surface area (Å²) in [5.41, 5.74) is 1.84. The van der Waals surface area contributed by atoms with Crippen molar-refractivity contribution in [3.63, 3.8) is 0 Å². The van der Waals surface area contributed by atoms with Gasteiger partial charge in [-0.1, -0.05) is 6.07 Å². The van der Waals surface area contributed by atoms with Gasteiger partial charge in [0.1, 0.15) is 0 Å². The molecule has 0 aliphatic heterocycles. The fraction of sp³-hybridized carbons (Fsp3) is 0.133. The van der Waals surface area contributed by atoms with Crippen molar-refractivity contribution in [1.82, 2.24) is 5.48 Å². The third kappa shape index (κ3) is 3.59. The molecule has 0 aliphatic carbocycles. The average molecular weight is 365 g/mol. The number of hydrogen-bond acceptors (Lipinski definition) is 6. The van der Waals surface area contributed by atoms with Gasteiger partial charge >= 0.3 is 0 Å². The SMILES string of the molecule is Cc1ccc(S(=O)(=O)N(C)c2ccc(C(=O)NO)cc2)c([N+](=O)[O-])c1. The van der Waals surface area contributed by atoms with E-state index in [-0.39, 0.29) is 11.3 Å². The minimum Gasteiger partial charge on any atom is -0.288 e. The molecule has 132 valence electrons. The van der Waals surface area contributed by atoms with Crippen LogP contribution in [0.25, 0.3) is 0 Å². The van der Waals surface area contributed by atoms with Gasteiger partial charge in [0.15, 0.2) is 4.90 Å². The second-order valence-corrected chi connectivity index (χ2v) is 7.13. The first-order chi connectivity index (χ1) is 11.7. The number of anilines is 1. The van der Waals surface area contributed by atoms with Crippen LogP contribution < -0.4 is 9.79 Å². The standard InChI is InChI=1S/C15H15N3O6S/c1-10-3-8-14(13(9-10)18(21)22)25(23,24)17(2)12-6-4-11(5-7-12)15(19)16-20/h3-9,20H,1-2H3,(H,16,19). The maximum absolute atomic E-state index is 12.7. The number of carbonyl (C=O) groups excluding carboxylic acids is 1. The van der Waals surface area contributed by atoms with Crippen molar-refractivity contribution in [2.24, 2.45) is 0 Å². The Morgan fingerprint density at radius 2 is 1.80 bits per heavy atom. The van der Waals surface area contributed by atoms with Crippen LogP contribution in [0.15, 0.2) is 47.4 Å². The lowest BCUT2D eigenvalue weighted by Gasteiger charge is -2.19. The van der Waals surface area contributed by atoms with E-state index in [1.807, 2.05) is 0 Å². The maximum Gasteiger partial charge on any atom is 0.290 e. The summed E-state index contributed by atoms with van der Waals surface area (Å²) >= 11 is 0. The highest BCUT2D eigenvalue weighted by atomic mass is 32.2. The van der Waals surface area contributed by atoms with E-state index in [1.165, 1.54) is 55.0 Å². The van der Waals surface area contributed by atoms with E-state index in [1.54, 1.807) is 6.92 Å². The van der Waals surface area contributed by atoms with Gasteiger partial charge in [-0.05, 0) is 42.8 Å². The van der Waals surface area contributed by atoms with Gasteiger partial charge in [-0.25, -0.2) is 13.9 Å². The van der Waals surface area contributed by atoms with Crippen LogP contribution in [0.4, 0.5) is 11.4 Å². The van der Waals surface area contributed by atoms with Crippen LogP contribution in [-0.2, 0) is 10.0 Å². The number of aryl methyl sites for hydroxylation is 1. The van der Waals surface area contributed by atoms with Crippen LogP contribution in [0, 0.1) is 17.0 Å². The summed E-state index contributed by atoms with van der Waals surface area (Å²) in [6.07, 6.45) is 0. The maximum atomic E-state index is 12.7.